The predicted octanol–water partition coefficient (Wildman–Crippen LogP) is 1.43. The molecule has 4 heteroatoms. The van der Waals surface area contributed by atoms with Crippen molar-refractivity contribution >= 4 is 6.47 Å². The van der Waals surface area contributed by atoms with Crippen LogP contribution in [0.4, 0.5) is 0 Å². The van der Waals surface area contributed by atoms with Crippen molar-refractivity contribution in [2.45, 2.75) is 26.4 Å². The van der Waals surface area contributed by atoms with E-state index >= 15 is 0 Å². The molecule has 72 valence electrons. The molecule has 0 saturated carbocycles. The average Bonchev–Trinajstić information content (AvgIpc) is 2.06. The molecule has 1 aromatic heterocycles. The highest BCUT2D eigenvalue weighted by Gasteiger charge is 2.07. The third-order valence-electron chi connectivity index (χ3n) is 0.879. The van der Waals surface area contributed by atoms with Crippen molar-refractivity contribution in [1.82, 2.24) is 9.97 Å². The van der Waals surface area contributed by atoms with Gasteiger partial charge in [-0.3, -0.25) is 14.8 Å². The van der Waals surface area contributed by atoms with Gasteiger partial charge in [0.2, 0.25) is 0 Å². The van der Waals surface area contributed by atoms with Crippen molar-refractivity contribution in [3.63, 3.8) is 0 Å². The van der Waals surface area contributed by atoms with Crippen LogP contribution in [0.3, 0.4) is 0 Å². The first-order valence-electron chi connectivity index (χ1n) is 3.87. The Morgan fingerprint density at radius 2 is 1.46 bits per heavy atom. The summed E-state index contributed by atoms with van der Waals surface area (Å²) in [7, 11) is 0. The van der Waals surface area contributed by atoms with E-state index in [0.29, 0.717) is 6.47 Å². The lowest BCUT2D eigenvalue weighted by molar-refractivity contribution is -0.138. The first-order chi connectivity index (χ1) is 6.06. The molecule has 0 aliphatic rings. The first-order valence-corrected chi connectivity index (χ1v) is 3.87. The van der Waals surface area contributed by atoms with Crippen LogP contribution in [0.15, 0.2) is 24.8 Å². The van der Waals surface area contributed by atoms with Crippen molar-refractivity contribution < 1.29 is 9.53 Å². The highest BCUT2D eigenvalue weighted by molar-refractivity contribution is 5.37. The molecule has 0 aliphatic carbocycles. The fourth-order valence-corrected chi connectivity index (χ4v) is 0.398. The molecule has 1 rings (SSSR count). The third-order valence-corrected chi connectivity index (χ3v) is 0.879. The molecule has 0 N–H and O–H groups in total. The number of hydrogen-bond acceptors (Lipinski definition) is 4. The SMILES string of the molecule is CC(C)(C)OC=O.c1cnccn1. The lowest BCUT2D eigenvalue weighted by Crippen LogP contribution is -2.17. The van der Waals surface area contributed by atoms with Crippen LogP contribution in [0.25, 0.3) is 0 Å². The van der Waals surface area contributed by atoms with E-state index in [2.05, 4.69) is 14.7 Å². The van der Waals surface area contributed by atoms with Crippen LogP contribution in [-0.4, -0.2) is 22.0 Å². The van der Waals surface area contributed by atoms with Crippen molar-refractivity contribution in [2.75, 3.05) is 0 Å². The number of rotatable bonds is 1. The normalized spacial score (nSPS) is 9.46. The summed E-state index contributed by atoms with van der Waals surface area (Å²) in [4.78, 5) is 17.0. The quantitative estimate of drug-likeness (QED) is 0.616. The average molecular weight is 182 g/mol. The van der Waals surface area contributed by atoms with Crippen molar-refractivity contribution in [3.05, 3.63) is 24.8 Å². The summed E-state index contributed by atoms with van der Waals surface area (Å²) in [5, 5.41) is 0. The van der Waals surface area contributed by atoms with Crippen LogP contribution >= 0.6 is 0 Å². The number of nitrogens with zero attached hydrogens (tertiary/aromatic N) is 2. The Morgan fingerprint density at radius 3 is 1.54 bits per heavy atom. The second-order valence-corrected chi connectivity index (χ2v) is 3.22. The largest absolute Gasteiger partial charge is 0.462 e. The highest BCUT2D eigenvalue weighted by atomic mass is 16.5. The van der Waals surface area contributed by atoms with E-state index in [-0.39, 0.29) is 5.60 Å². The second-order valence-electron chi connectivity index (χ2n) is 3.22. The van der Waals surface area contributed by atoms with Crippen LogP contribution < -0.4 is 0 Å². The van der Waals surface area contributed by atoms with E-state index in [9.17, 15) is 4.79 Å². The van der Waals surface area contributed by atoms with Gasteiger partial charge >= 0.3 is 0 Å². The molecule has 0 atom stereocenters. The molecule has 13 heavy (non-hydrogen) atoms. The lowest BCUT2D eigenvalue weighted by atomic mass is 10.2. The Hall–Kier alpha value is -1.45. The smallest absolute Gasteiger partial charge is 0.293 e. The highest BCUT2D eigenvalue weighted by Crippen LogP contribution is 2.02. The van der Waals surface area contributed by atoms with E-state index < -0.39 is 0 Å². The van der Waals surface area contributed by atoms with Gasteiger partial charge in [0.05, 0.1) is 0 Å². The van der Waals surface area contributed by atoms with Gasteiger partial charge in [-0.2, -0.15) is 0 Å². The predicted molar refractivity (Wildman–Crippen MR) is 48.9 cm³/mol. The summed E-state index contributed by atoms with van der Waals surface area (Å²) < 4.78 is 4.55. The Morgan fingerprint density at radius 1 is 1.08 bits per heavy atom. The lowest BCUT2D eigenvalue weighted by Gasteiger charge is -2.14. The summed E-state index contributed by atoms with van der Waals surface area (Å²) in [5.74, 6) is 0. The number of carbonyl (C=O) groups is 1. The molecular formula is C9H14N2O2. The Kier molecular flexibility index (Phi) is 5.43. The van der Waals surface area contributed by atoms with Crippen molar-refractivity contribution in [3.8, 4) is 0 Å². The topological polar surface area (TPSA) is 52.1 Å². The minimum absolute atomic E-state index is 0.318. The van der Waals surface area contributed by atoms with Gasteiger partial charge < -0.3 is 4.74 Å². The van der Waals surface area contributed by atoms with Crippen LogP contribution in [0.5, 0.6) is 0 Å². The molecule has 0 saturated heterocycles. The zero-order valence-electron chi connectivity index (χ0n) is 8.10. The molecule has 0 aromatic carbocycles. The minimum Gasteiger partial charge on any atom is -0.462 e. The van der Waals surface area contributed by atoms with Crippen LogP contribution in [0.2, 0.25) is 0 Å². The molecule has 0 fully saturated rings. The summed E-state index contributed by atoms with van der Waals surface area (Å²) >= 11 is 0. The van der Waals surface area contributed by atoms with Gasteiger partial charge in [0.1, 0.15) is 5.60 Å². The fraction of sp³-hybridized carbons (Fsp3) is 0.444. The number of hydrogen-bond donors (Lipinski definition) is 0. The fourth-order valence-electron chi connectivity index (χ4n) is 0.398. The van der Waals surface area contributed by atoms with Gasteiger partial charge in [-0.1, -0.05) is 0 Å². The van der Waals surface area contributed by atoms with E-state index in [1.54, 1.807) is 24.8 Å². The standard InChI is InChI=1S/C5H10O2.C4H4N2/c1-5(2,3)7-4-6;1-2-6-4-3-5-1/h4H,1-3H3;1-4H. The number of aromatic nitrogens is 2. The minimum atomic E-state index is -0.318. The van der Waals surface area contributed by atoms with Gasteiger partial charge in [-0.25, -0.2) is 0 Å². The maximum Gasteiger partial charge on any atom is 0.293 e. The molecule has 0 bridgehead atoms. The van der Waals surface area contributed by atoms with Gasteiger partial charge in [-0.05, 0) is 20.8 Å². The van der Waals surface area contributed by atoms with E-state index in [1.165, 1.54) is 0 Å². The summed E-state index contributed by atoms with van der Waals surface area (Å²) in [6, 6.07) is 0. The van der Waals surface area contributed by atoms with E-state index in [4.69, 9.17) is 0 Å². The van der Waals surface area contributed by atoms with E-state index in [1.807, 2.05) is 20.8 Å². The third kappa shape index (κ3) is 10.6. The molecule has 1 aromatic rings. The summed E-state index contributed by atoms with van der Waals surface area (Å²) in [6.45, 7) is 5.92. The zero-order chi connectivity index (χ0) is 10.2. The van der Waals surface area contributed by atoms with Gasteiger partial charge in [-0.15, -0.1) is 0 Å². The van der Waals surface area contributed by atoms with Gasteiger partial charge in [0, 0.05) is 24.8 Å². The molecule has 0 aliphatic heterocycles. The molecule has 0 radical (unpaired) electrons. The molecule has 1 heterocycles. The van der Waals surface area contributed by atoms with Crippen LogP contribution in [0, 0.1) is 0 Å². The maximum absolute atomic E-state index is 9.60. The monoisotopic (exact) mass is 182 g/mol. The summed E-state index contributed by atoms with van der Waals surface area (Å²) in [5.41, 5.74) is -0.318. The Balaban J connectivity index is 0.000000223. The number of carbonyl (C=O) groups excluding carboxylic acids is 1. The van der Waals surface area contributed by atoms with E-state index in [0.717, 1.165) is 0 Å². The van der Waals surface area contributed by atoms with Crippen LogP contribution in [0.1, 0.15) is 20.8 Å². The van der Waals surface area contributed by atoms with Gasteiger partial charge in [0.15, 0.2) is 0 Å². The zero-order valence-corrected chi connectivity index (χ0v) is 8.10. The molecule has 4 nitrogen and oxygen atoms in total. The second kappa shape index (κ2) is 6.11. The Labute approximate surface area is 78.0 Å². The maximum atomic E-state index is 9.60. The molecule has 0 amide bonds. The molecular weight excluding hydrogens is 168 g/mol. The van der Waals surface area contributed by atoms with Crippen molar-refractivity contribution in [1.29, 1.82) is 0 Å². The summed E-state index contributed by atoms with van der Waals surface area (Å²) in [6.07, 6.45) is 6.56. The van der Waals surface area contributed by atoms with Crippen LogP contribution in [-0.2, 0) is 9.53 Å². The molecule has 0 spiro atoms. The first kappa shape index (κ1) is 11.6. The van der Waals surface area contributed by atoms with Crippen molar-refractivity contribution in [2.24, 2.45) is 0 Å². The number of ether oxygens (including phenoxy) is 1. The molecule has 0 unspecified atom stereocenters. The Bertz CT molecular complexity index is 192. The van der Waals surface area contributed by atoms with Gasteiger partial charge in [0.25, 0.3) is 6.47 Å².